The number of nitrogens with zero attached hydrogens (tertiary/aromatic N) is 2. The van der Waals surface area contributed by atoms with Crippen LogP contribution in [0.25, 0.3) is 10.8 Å². The van der Waals surface area contributed by atoms with Gasteiger partial charge in [0.05, 0.1) is 31.7 Å². The Kier molecular flexibility index (Phi) is 10.7. The zero-order chi connectivity index (χ0) is 33.4. The lowest BCUT2D eigenvalue weighted by Gasteiger charge is -2.26. The fraction of sp³-hybridized carbons (Fsp3) is 0.333. The quantitative estimate of drug-likeness (QED) is 0.154. The monoisotopic (exact) mass is 640 g/mol. The van der Waals surface area contributed by atoms with Gasteiger partial charge in [-0.3, -0.25) is 24.8 Å². The second kappa shape index (κ2) is 15.1. The molecule has 0 atom stereocenters. The van der Waals surface area contributed by atoms with E-state index >= 15 is 0 Å². The van der Waals surface area contributed by atoms with Crippen molar-refractivity contribution in [1.29, 1.82) is 0 Å². The van der Waals surface area contributed by atoms with Crippen LogP contribution in [0.1, 0.15) is 42.3 Å². The molecule has 3 aromatic carbocycles. The van der Waals surface area contributed by atoms with E-state index in [9.17, 15) is 14.4 Å². The van der Waals surface area contributed by atoms with Crippen molar-refractivity contribution in [1.82, 2.24) is 9.88 Å². The molecule has 2 amide bonds. The number of pyridine rings is 1. The lowest BCUT2D eigenvalue weighted by atomic mass is 9.86. The third kappa shape index (κ3) is 8.43. The Morgan fingerprint density at radius 1 is 0.936 bits per heavy atom. The molecule has 246 valence electrons. The molecular formula is C36H40N4O7. The highest BCUT2D eigenvalue weighted by Gasteiger charge is 2.25. The summed E-state index contributed by atoms with van der Waals surface area (Å²) < 4.78 is 22.5. The zero-order valence-electron chi connectivity index (χ0n) is 27.1. The third-order valence-electron chi connectivity index (χ3n) is 7.84. The van der Waals surface area contributed by atoms with Gasteiger partial charge in [-0.2, -0.15) is 0 Å². The number of ether oxygens (including phenoxy) is 4. The van der Waals surface area contributed by atoms with Crippen molar-refractivity contribution in [3.63, 3.8) is 0 Å². The highest BCUT2D eigenvalue weighted by Crippen LogP contribution is 2.39. The molecule has 1 fully saturated rings. The molecule has 0 radical (unpaired) electrons. The average molecular weight is 641 g/mol. The number of carbonyl (C=O) groups is 3. The SMILES string of the molecule is COc1c(NC(=O)OCc2cccnc2)cc(C(C)(C)C)cc1NC(=O)C(=O)c1ccc(OCCN2CCOCC2)c2ccccc12. The van der Waals surface area contributed by atoms with Crippen molar-refractivity contribution in [2.75, 3.05) is 57.2 Å². The predicted molar refractivity (Wildman–Crippen MR) is 179 cm³/mol. The van der Waals surface area contributed by atoms with E-state index in [1.807, 2.05) is 39.0 Å². The van der Waals surface area contributed by atoms with E-state index in [0.717, 1.165) is 36.1 Å². The number of fused-ring (bicyclic) bond motifs is 1. The summed E-state index contributed by atoms with van der Waals surface area (Å²) in [5.74, 6) is -0.775. The van der Waals surface area contributed by atoms with Gasteiger partial charge in [-0.15, -0.1) is 0 Å². The first-order chi connectivity index (χ1) is 22.6. The Hall–Kier alpha value is -5.00. The number of aromatic nitrogens is 1. The molecule has 0 unspecified atom stereocenters. The number of methoxy groups -OCH3 is 1. The molecule has 47 heavy (non-hydrogen) atoms. The number of carbonyl (C=O) groups excluding carboxylic acids is 3. The molecule has 1 aromatic heterocycles. The minimum absolute atomic E-state index is 0.0186. The van der Waals surface area contributed by atoms with Crippen LogP contribution >= 0.6 is 0 Å². The summed E-state index contributed by atoms with van der Waals surface area (Å²) >= 11 is 0. The largest absolute Gasteiger partial charge is 0.492 e. The van der Waals surface area contributed by atoms with E-state index in [1.54, 1.807) is 54.9 Å². The minimum Gasteiger partial charge on any atom is -0.492 e. The van der Waals surface area contributed by atoms with Crippen LogP contribution in [0.4, 0.5) is 16.2 Å². The number of morpholine rings is 1. The van der Waals surface area contributed by atoms with E-state index in [2.05, 4.69) is 20.5 Å². The van der Waals surface area contributed by atoms with Gasteiger partial charge < -0.3 is 24.3 Å². The van der Waals surface area contributed by atoms with Crippen LogP contribution in [0.2, 0.25) is 0 Å². The molecule has 1 aliphatic rings. The van der Waals surface area contributed by atoms with Gasteiger partial charge >= 0.3 is 6.09 Å². The molecule has 1 saturated heterocycles. The van der Waals surface area contributed by atoms with Crippen LogP contribution in [-0.4, -0.2) is 74.2 Å². The van der Waals surface area contributed by atoms with Gasteiger partial charge in [-0.05, 0) is 46.7 Å². The van der Waals surface area contributed by atoms with Crippen molar-refractivity contribution in [2.24, 2.45) is 0 Å². The molecule has 4 aromatic rings. The number of ketones is 1. The van der Waals surface area contributed by atoms with E-state index in [0.29, 0.717) is 31.0 Å². The number of hydrogen-bond donors (Lipinski definition) is 2. The summed E-state index contributed by atoms with van der Waals surface area (Å²) in [4.78, 5) is 46.3. The highest BCUT2D eigenvalue weighted by molar-refractivity contribution is 6.48. The Labute approximate surface area is 274 Å². The Bertz CT molecular complexity index is 1730. The Balaban J connectivity index is 1.35. The maximum atomic E-state index is 13.7. The van der Waals surface area contributed by atoms with Crippen LogP contribution in [0.15, 0.2) is 73.1 Å². The number of rotatable bonds is 11. The number of hydrogen-bond acceptors (Lipinski definition) is 9. The fourth-order valence-corrected chi connectivity index (χ4v) is 5.25. The minimum atomic E-state index is -0.856. The van der Waals surface area contributed by atoms with Gasteiger partial charge in [0.25, 0.3) is 11.7 Å². The fourth-order valence-electron chi connectivity index (χ4n) is 5.25. The van der Waals surface area contributed by atoms with Gasteiger partial charge in [0.2, 0.25) is 0 Å². The standard InChI is InChI=1S/C36H40N4O7/c1-36(2,3)25-20-29(33(44-4)30(21-25)39-35(43)47-23-24-8-7-13-37-22-24)38-34(42)32(41)28-11-12-31(27-10-6-5-9-26(27)28)46-19-16-40-14-17-45-18-15-40/h5-13,20-22H,14-19,23H2,1-4H3,(H,38,42)(H,39,43). The maximum Gasteiger partial charge on any atom is 0.412 e. The number of Topliss-reactive ketones (excluding diaryl/α,β-unsaturated/α-hetero) is 1. The molecule has 2 heterocycles. The highest BCUT2D eigenvalue weighted by atomic mass is 16.5. The molecule has 0 bridgehead atoms. The van der Waals surface area contributed by atoms with Crippen molar-refractivity contribution in [3.8, 4) is 11.5 Å². The second-order valence-electron chi connectivity index (χ2n) is 12.2. The van der Waals surface area contributed by atoms with Gasteiger partial charge in [0.15, 0.2) is 5.75 Å². The van der Waals surface area contributed by atoms with Gasteiger partial charge in [0, 0.05) is 48.5 Å². The summed E-state index contributed by atoms with van der Waals surface area (Å²) in [6.45, 7) is 10.4. The number of benzene rings is 3. The van der Waals surface area contributed by atoms with E-state index in [4.69, 9.17) is 18.9 Å². The van der Waals surface area contributed by atoms with Crippen molar-refractivity contribution >= 4 is 39.9 Å². The Morgan fingerprint density at radius 3 is 2.34 bits per heavy atom. The summed E-state index contributed by atoms with van der Waals surface area (Å²) in [6.07, 6.45) is 2.52. The van der Waals surface area contributed by atoms with Crippen LogP contribution < -0.4 is 20.1 Å². The molecule has 0 aliphatic carbocycles. The number of amides is 2. The van der Waals surface area contributed by atoms with Gasteiger partial charge in [-0.1, -0.05) is 51.1 Å². The van der Waals surface area contributed by atoms with E-state index in [-0.39, 0.29) is 34.7 Å². The van der Waals surface area contributed by atoms with Crippen molar-refractivity contribution < 1.29 is 33.3 Å². The predicted octanol–water partition coefficient (Wildman–Crippen LogP) is 5.82. The van der Waals surface area contributed by atoms with Crippen LogP contribution in [0.5, 0.6) is 11.5 Å². The number of nitrogens with one attached hydrogen (secondary N) is 2. The summed E-state index contributed by atoms with van der Waals surface area (Å²) in [5, 5.41) is 6.79. The second-order valence-corrected chi connectivity index (χ2v) is 12.2. The normalized spacial score (nSPS) is 13.5. The molecule has 11 heteroatoms. The molecule has 1 aliphatic heterocycles. The molecule has 5 rings (SSSR count). The molecule has 0 saturated carbocycles. The first kappa shape index (κ1) is 33.4. The van der Waals surface area contributed by atoms with Gasteiger partial charge in [-0.25, -0.2) is 4.79 Å². The summed E-state index contributed by atoms with van der Waals surface area (Å²) in [7, 11) is 1.42. The summed E-state index contributed by atoms with van der Waals surface area (Å²) in [6, 6.07) is 17.7. The van der Waals surface area contributed by atoms with E-state index < -0.39 is 17.8 Å². The third-order valence-corrected chi connectivity index (χ3v) is 7.84. The molecule has 2 N–H and O–H groups in total. The lowest BCUT2D eigenvalue weighted by Crippen LogP contribution is -2.38. The van der Waals surface area contributed by atoms with Gasteiger partial charge in [0.1, 0.15) is 19.0 Å². The number of anilines is 2. The van der Waals surface area contributed by atoms with Crippen LogP contribution in [0, 0.1) is 0 Å². The maximum absolute atomic E-state index is 13.7. The molecular weight excluding hydrogens is 600 g/mol. The molecule has 11 nitrogen and oxygen atoms in total. The lowest BCUT2D eigenvalue weighted by molar-refractivity contribution is -0.112. The van der Waals surface area contributed by atoms with Crippen LogP contribution in [-0.2, 0) is 26.3 Å². The summed E-state index contributed by atoms with van der Waals surface area (Å²) in [5.41, 5.74) is 1.88. The Morgan fingerprint density at radius 2 is 1.66 bits per heavy atom. The topological polar surface area (TPSA) is 128 Å². The van der Waals surface area contributed by atoms with E-state index in [1.165, 1.54) is 7.11 Å². The smallest absolute Gasteiger partial charge is 0.412 e. The molecule has 0 spiro atoms. The first-order valence-corrected chi connectivity index (χ1v) is 15.5. The average Bonchev–Trinajstić information content (AvgIpc) is 3.07. The zero-order valence-corrected chi connectivity index (χ0v) is 27.1. The van der Waals surface area contributed by atoms with Crippen molar-refractivity contribution in [3.05, 3.63) is 89.7 Å². The van der Waals surface area contributed by atoms with Crippen LogP contribution in [0.3, 0.4) is 0 Å². The first-order valence-electron chi connectivity index (χ1n) is 15.5. The van der Waals surface area contributed by atoms with Crippen molar-refractivity contribution in [2.45, 2.75) is 32.8 Å².